The van der Waals surface area contributed by atoms with Crippen LogP contribution < -0.4 is 15.5 Å². The van der Waals surface area contributed by atoms with Crippen LogP contribution in [0.5, 0.6) is 5.75 Å². The van der Waals surface area contributed by atoms with Crippen molar-refractivity contribution in [3.05, 3.63) is 36.2 Å². The number of halogens is 3. The number of amidine groups is 1. The van der Waals surface area contributed by atoms with E-state index in [1.807, 2.05) is 29.2 Å². The summed E-state index contributed by atoms with van der Waals surface area (Å²) in [7, 11) is 1.60. The smallest absolute Gasteiger partial charge is 0.411 e. The molecular formula is C22H28F3N7O3. The summed E-state index contributed by atoms with van der Waals surface area (Å²) in [6.07, 6.45) is -1.72. The summed E-state index contributed by atoms with van der Waals surface area (Å²) in [6.45, 7) is 0.331. The number of alkyl halides is 3. The quantitative estimate of drug-likeness (QED) is 0.128. The third-order valence-electron chi connectivity index (χ3n) is 5.41. The molecule has 35 heavy (non-hydrogen) atoms. The average molecular weight is 496 g/mol. The van der Waals surface area contributed by atoms with Gasteiger partial charge < -0.3 is 25.0 Å². The van der Waals surface area contributed by atoms with Gasteiger partial charge in [-0.05, 0) is 37.1 Å². The highest BCUT2D eigenvalue weighted by atomic mass is 19.4. The van der Waals surface area contributed by atoms with Crippen molar-refractivity contribution in [1.29, 1.82) is 5.53 Å². The minimum atomic E-state index is -4.42. The molecule has 3 N–H and O–H groups in total. The maximum absolute atomic E-state index is 12.5. The summed E-state index contributed by atoms with van der Waals surface area (Å²) < 4.78 is 52.8. The summed E-state index contributed by atoms with van der Waals surface area (Å²) in [5, 5.41) is 6.98. The van der Waals surface area contributed by atoms with Gasteiger partial charge in [0.2, 0.25) is 0 Å². The van der Waals surface area contributed by atoms with E-state index >= 15 is 0 Å². The molecule has 0 atom stereocenters. The van der Waals surface area contributed by atoms with Crippen molar-refractivity contribution in [3.63, 3.8) is 0 Å². The van der Waals surface area contributed by atoms with Gasteiger partial charge in [-0.1, -0.05) is 0 Å². The molecule has 0 spiro atoms. The van der Waals surface area contributed by atoms with E-state index in [1.54, 1.807) is 7.11 Å². The van der Waals surface area contributed by atoms with Gasteiger partial charge in [-0.15, -0.1) is 5.11 Å². The summed E-state index contributed by atoms with van der Waals surface area (Å²) in [4.78, 5) is 11.1. The normalized spacial score (nSPS) is 15.3. The van der Waals surface area contributed by atoms with Crippen LogP contribution >= 0.6 is 0 Å². The van der Waals surface area contributed by atoms with Gasteiger partial charge in [0.1, 0.15) is 24.7 Å². The Balaban J connectivity index is 1.82. The highest BCUT2D eigenvalue weighted by molar-refractivity contribution is 5.84. The Morgan fingerprint density at radius 2 is 1.91 bits per heavy atom. The first-order valence-electron chi connectivity index (χ1n) is 11.0. The number of aromatic nitrogens is 2. The van der Waals surface area contributed by atoms with E-state index in [4.69, 9.17) is 25.6 Å². The fraction of sp³-hybridized carbons (Fsp3) is 0.500. The number of hydrazone groups is 1. The Hall–Kier alpha value is -3.32. The minimum absolute atomic E-state index is 0.0491. The van der Waals surface area contributed by atoms with Gasteiger partial charge in [0.15, 0.2) is 11.7 Å². The third-order valence-corrected chi connectivity index (χ3v) is 5.41. The van der Waals surface area contributed by atoms with Gasteiger partial charge in [-0.2, -0.15) is 18.3 Å². The zero-order valence-electron chi connectivity index (χ0n) is 19.3. The number of ether oxygens (including phenoxy) is 3. The first-order valence-corrected chi connectivity index (χ1v) is 11.0. The molecule has 1 aromatic heterocycles. The molecule has 3 rings (SSSR count). The molecule has 0 unspecified atom stereocenters. The van der Waals surface area contributed by atoms with Crippen LogP contribution in [0.15, 0.2) is 40.7 Å². The second kappa shape index (κ2) is 12.4. The Kier molecular flexibility index (Phi) is 9.32. The second-order valence-electron chi connectivity index (χ2n) is 7.87. The maximum Gasteiger partial charge on any atom is 0.411 e. The zero-order chi connectivity index (χ0) is 25.3. The topological polar surface area (TPSA) is 131 Å². The van der Waals surface area contributed by atoms with E-state index in [0.717, 1.165) is 5.56 Å². The van der Waals surface area contributed by atoms with Gasteiger partial charge in [0.25, 0.3) is 0 Å². The largest absolute Gasteiger partial charge is 0.491 e. The zero-order valence-corrected chi connectivity index (χ0v) is 19.3. The van der Waals surface area contributed by atoms with Crippen LogP contribution in [0.25, 0.3) is 11.3 Å². The molecule has 10 nitrogen and oxygen atoms in total. The number of anilines is 1. The molecule has 1 aliphatic heterocycles. The van der Waals surface area contributed by atoms with Crippen molar-refractivity contribution in [3.8, 4) is 17.0 Å². The molecule has 0 saturated carbocycles. The maximum atomic E-state index is 12.5. The van der Waals surface area contributed by atoms with Crippen LogP contribution in [0.2, 0.25) is 0 Å². The SMILES string of the molecule is COCCOc1ccc(-c2ncc(COCC(F)(F)F)nc2N2CCC(/C(N=N)=N/N)CC2)cc1. The lowest BCUT2D eigenvalue weighted by Gasteiger charge is -2.33. The van der Waals surface area contributed by atoms with Crippen LogP contribution in [0.1, 0.15) is 18.5 Å². The highest BCUT2D eigenvalue weighted by Gasteiger charge is 2.28. The molecular weight excluding hydrogens is 467 g/mol. The number of hydrogen-bond donors (Lipinski definition) is 2. The Morgan fingerprint density at radius 1 is 1.20 bits per heavy atom. The number of methoxy groups -OCH3 is 1. The van der Waals surface area contributed by atoms with Crippen molar-refractivity contribution < 1.29 is 27.4 Å². The van der Waals surface area contributed by atoms with E-state index in [2.05, 4.69) is 20.2 Å². The number of hydrogen-bond acceptors (Lipinski definition) is 9. The molecule has 2 aromatic rings. The lowest BCUT2D eigenvalue weighted by molar-refractivity contribution is -0.176. The standard InChI is InChI=1S/C22H28F3N7O3/c1-33-10-11-35-18-4-2-15(3-5-18)19-21(29-17(12-28-19)13-34-14-22(23,24)25)32-8-6-16(7-9-32)20(30-26)31-27/h2-5,12,16,26H,6-11,13-14,27H2,1H3/b30-26?,31-20-. The Labute approximate surface area is 200 Å². The molecule has 0 radical (unpaired) electrons. The number of nitrogens with zero attached hydrogens (tertiary/aromatic N) is 5. The van der Waals surface area contributed by atoms with Crippen molar-refractivity contribution in [2.24, 2.45) is 22.0 Å². The molecule has 1 fully saturated rings. The summed E-state index contributed by atoms with van der Waals surface area (Å²) in [5.74, 6) is 6.78. The summed E-state index contributed by atoms with van der Waals surface area (Å²) in [5.41, 5.74) is 8.89. The number of piperidine rings is 1. The summed E-state index contributed by atoms with van der Waals surface area (Å²) in [6, 6.07) is 7.31. The van der Waals surface area contributed by atoms with Gasteiger partial charge in [0.05, 0.1) is 25.1 Å². The van der Waals surface area contributed by atoms with Crippen LogP contribution in [-0.4, -0.2) is 62.0 Å². The predicted molar refractivity (Wildman–Crippen MR) is 122 cm³/mol. The first kappa shape index (κ1) is 26.3. The van der Waals surface area contributed by atoms with E-state index < -0.39 is 12.8 Å². The molecule has 1 saturated heterocycles. The van der Waals surface area contributed by atoms with E-state index in [1.165, 1.54) is 6.20 Å². The molecule has 0 amide bonds. The van der Waals surface area contributed by atoms with Crippen molar-refractivity contribution in [2.45, 2.75) is 25.6 Å². The van der Waals surface area contributed by atoms with E-state index in [-0.39, 0.29) is 18.4 Å². The fourth-order valence-electron chi connectivity index (χ4n) is 3.71. The van der Waals surface area contributed by atoms with Gasteiger partial charge in [-0.25, -0.2) is 10.5 Å². The number of nitrogens with two attached hydrogens (primary N) is 1. The van der Waals surface area contributed by atoms with Gasteiger partial charge in [-0.3, -0.25) is 4.98 Å². The molecule has 13 heteroatoms. The number of rotatable bonds is 10. The van der Waals surface area contributed by atoms with Crippen molar-refractivity contribution >= 4 is 11.7 Å². The van der Waals surface area contributed by atoms with E-state index in [0.29, 0.717) is 62.1 Å². The Morgan fingerprint density at radius 3 is 2.51 bits per heavy atom. The predicted octanol–water partition coefficient (Wildman–Crippen LogP) is 3.77. The number of nitrogens with one attached hydrogen (secondary N) is 1. The molecule has 1 aromatic carbocycles. The average Bonchev–Trinajstić information content (AvgIpc) is 2.85. The number of benzene rings is 1. The van der Waals surface area contributed by atoms with Crippen LogP contribution in [0.4, 0.5) is 19.0 Å². The molecule has 2 heterocycles. The van der Waals surface area contributed by atoms with Crippen LogP contribution in [-0.2, 0) is 16.1 Å². The second-order valence-corrected chi connectivity index (χ2v) is 7.87. The minimum Gasteiger partial charge on any atom is -0.491 e. The third kappa shape index (κ3) is 7.59. The monoisotopic (exact) mass is 495 g/mol. The molecule has 190 valence electrons. The molecule has 0 bridgehead atoms. The molecule has 1 aliphatic rings. The summed E-state index contributed by atoms with van der Waals surface area (Å²) >= 11 is 0. The van der Waals surface area contributed by atoms with Gasteiger partial charge >= 0.3 is 6.18 Å². The van der Waals surface area contributed by atoms with E-state index in [9.17, 15) is 13.2 Å². The van der Waals surface area contributed by atoms with Crippen molar-refractivity contribution in [1.82, 2.24) is 9.97 Å². The fourth-order valence-corrected chi connectivity index (χ4v) is 3.71. The Bertz CT molecular complexity index is 995. The van der Waals surface area contributed by atoms with Gasteiger partial charge in [0, 0.05) is 31.7 Å². The van der Waals surface area contributed by atoms with Crippen LogP contribution in [0, 0.1) is 11.4 Å². The van der Waals surface area contributed by atoms with Crippen LogP contribution in [0.3, 0.4) is 0 Å². The lowest BCUT2D eigenvalue weighted by atomic mass is 9.95. The van der Waals surface area contributed by atoms with Crippen molar-refractivity contribution in [2.75, 3.05) is 44.9 Å². The first-order chi connectivity index (χ1) is 16.8. The molecule has 0 aliphatic carbocycles. The lowest BCUT2D eigenvalue weighted by Crippen LogP contribution is -2.37. The highest BCUT2D eigenvalue weighted by Crippen LogP contribution is 2.32.